The third-order valence-electron chi connectivity index (χ3n) is 5.48. The van der Waals surface area contributed by atoms with E-state index in [0.717, 1.165) is 50.6 Å². The Bertz CT molecular complexity index is 810. The molecule has 0 atom stereocenters. The van der Waals surface area contributed by atoms with Crippen molar-refractivity contribution in [1.82, 2.24) is 9.88 Å². The predicted molar refractivity (Wildman–Crippen MR) is 118 cm³/mol. The maximum absolute atomic E-state index is 13.3. The summed E-state index contributed by atoms with van der Waals surface area (Å²) < 4.78 is 0. The highest BCUT2D eigenvalue weighted by atomic mass is 32.1. The summed E-state index contributed by atoms with van der Waals surface area (Å²) in [7, 11) is 0. The van der Waals surface area contributed by atoms with E-state index in [-0.39, 0.29) is 24.4 Å². The standard InChI is InChI=1S/C23H31N3O2S/c1-3-4-8-18-11-13-19(14-12-18)22(28)26(20-9-6-5-7-10-20)15-21(27)25-23-24-17(2)16-29-23/h11-14,16,20H,3-10,15H2,1-2H3,(H,24,25,27). The fourth-order valence-electron chi connectivity index (χ4n) is 3.85. The third-order valence-corrected chi connectivity index (χ3v) is 6.35. The maximum Gasteiger partial charge on any atom is 0.254 e. The van der Waals surface area contributed by atoms with Gasteiger partial charge in [-0.05, 0) is 50.3 Å². The first-order chi connectivity index (χ1) is 14.1. The average Bonchev–Trinajstić information content (AvgIpc) is 3.15. The minimum Gasteiger partial charge on any atom is -0.326 e. The van der Waals surface area contributed by atoms with Gasteiger partial charge >= 0.3 is 0 Å². The molecule has 1 aliphatic rings. The predicted octanol–water partition coefficient (Wildman–Crippen LogP) is 5.21. The van der Waals surface area contributed by atoms with Crippen molar-refractivity contribution in [2.24, 2.45) is 0 Å². The number of hydrogen-bond acceptors (Lipinski definition) is 4. The van der Waals surface area contributed by atoms with Gasteiger partial charge < -0.3 is 10.2 Å². The van der Waals surface area contributed by atoms with E-state index in [9.17, 15) is 9.59 Å². The number of rotatable bonds is 8. The van der Waals surface area contributed by atoms with E-state index in [4.69, 9.17) is 0 Å². The molecular weight excluding hydrogens is 382 g/mol. The zero-order valence-corrected chi connectivity index (χ0v) is 18.3. The van der Waals surface area contributed by atoms with Gasteiger partial charge in [0, 0.05) is 17.0 Å². The van der Waals surface area contributed by atoms with Crippen molar-refractivity contribution in [3.63, 3.8) is 0 Å². The van der Waals surface area contributed by atoms with Gasteiger partial charge in [-0.25, -0.2) is 4.98 Å². The first-order valence-corrected chi connectivity index (χ1v) is 11.6. The number of aryl methyl sites for hydroxylation is 2. The van der Waals surface area contributed by atoms with E-state index in [1.807, 2.05) is 36.6 Å². The second kappa shape index (κ2) is 10.5. The molecule has 0 bridgehead atoms. The Kier molecular flexibility index (Phi) is 7.81. The fraction of sp³-hybridized carbons (Fsp3) is 0.522. The molecule has 1 N–H and O–H groups in total. The van der Waals surface area contributed by atoms with Crippen molar-refractivity contribution in [3.05, 3.63) is 46.5 Å². The highest BCUT2D eigenvalue weighted by Crippen LogP contribution is 2.24. The van der Waals surface area contributed by atoms with E-state index < -0.39 is 0 Å². The van der Waals surface area contributed by atoms with Gasteiger partial charge in [0.05, 0.1) is 5.69 Å². The van der Waals surface area contributed by atoms with Crippen molar-refractivity contribution < 1.29 is 9.59 Å². The first kappa shape index (κ1) is 21.5. The fourth-order valence-corrected chi connectivity index (χ4v) is 4.55. The number of nitrogens with one attached hydrogen (secondary N) is 1. The van der Waals surface area contributed by atoms with E-state index >= 15 is 0 Å². The summed E-state index contributed by atoms with van der Waals surface area (Å²) in [6, 6.07) is 8.02. The summed E-state index contributed by atoms with van der Waals surface area (Å²) in [5.74, 6) is -0.234. The van der Waals surface area contributed by atoms with Crippen LogP contribution in [0.2, 0.25) is 0 Å². The quantitative estimate of drug-likeness (QED) is 0.646. The molecule has 1 saturated carbocycles. The van der Waals surface area contributed by atoms with Gasteiger partial charge in [-0.2, -0.15) is 0 Å². The van der Waals surface area contributed by atoms with E-state index in [0.29, 0.717) is 10.7 Å². The third kappa shape index (κ3) is 6.13. The molecule has 6 heteroatoms. The van der Waals surface area contributed by atoms with E-state index in [2.05, 4.69) is 17.2 Å². The monoisotopic (exact) mass is 413 g/mol. The number of hydrogen-bond donors (Lipinski definition) is 1. The molecule has 0 spiro atoms. The number of carbonyl (C=O) groups is 2. The van der Waals surface area contributed by atoms with Crippen LogP contribution in [0.3, 0.4) is 0 Å². The summed E-state index contributed by atoms with van der Waals surface area (Å²) in [6.07, 6.45) is 8.69. The average molecular weight is 414 g/mol. The zero-order valence-electron chi connectivity index (χ0n) is 17.4. The maximum atomic E-state index is 13.3. The van der Waals surface area contributed by atoms with Gasteiger partial charge in [0.1, 0.15) is 6.54 Å². The molecule has 1 aromatic carbocycles. The lowest BCUT2D eigenvalue weighted by molar-refractivity contribution is -0.117. The Morgan fingerprint density at radius 1 is 1.17 bits per heavy atom. The Hall–Kier alpha value is -2.21. The van der Waals surface area contributed by atoms with Crippen LogP contribution in [0, 0.1) is 6.92 Å². The van der Waals surface area contributed by atoms with Crippen LogP contribution in [0.4, 0.5) is 5.13 Å². The van der Waals surface area contributed by atoms with Crippen LogP contribution < -0.4 is 5.32 Å². The number of unbranched alkanes of at least 4 members (excludes halogenated alkanes) is 1. The Morgan fingerprint density at radius 3 is 2.52 bits per heavy atom. The molecule has 0 unspecified atom stereocenters. The lowest BCUT2D eigenvalue weighted by Gasteiger charge is -2.34. The molecule has 2 aromatic rings. The minimum absolute atomic E-state index is 0.0515. The molecular formula is C23H31N3O2S. The van der Waals surface area contributed by atoms with Crippen molar-refractivity contribution in [2.75, 3.05) is 11.9 Å². The van der Waals surface area contributed by atoms with E-state index in [1.54, 1.807) is 4.90 Å². The lowest BCUT2D eigenvalue weighted by Crippen LogP contribution is -2.45. The molecule has 1 heterocycles. The molecule has 0 aliphatic heterocycles. The second-order valence-corrected chi connectivity index (χ2v) is 8.73. The van der Waals surface area contributed by atoms with Crippen molar-refractivity contribution >= 4 is 28.3 Å². The molecule has 156 valence electrons. The molecule has 3 rings (SSSR count). The smallest absolute Gasteiger partial charge is 0.254 e. The summed E-state index contributed by atoms with van der Waals surface area (Å²) >= 11 is 1.41. The molecule has 1 fully saturated rings. The van der Waals surface area contributed by atoms with Gasteiger partial charge in [0.2, 0.25) is 5.91 Å². The number of thiazole rings is 1. The van der Waals surface area contributed by atoms with Crippen molar-refractivity contribution in [2.45, 2.75) is 71.3 Å². The van der Waals surface area contributed by atoms with Crippen LogP contribution in [0.15, 0.2) is 29.6 Å². The molecule has 29 heavy (non-hydrogen) atoms. The van der Waals surface area contributed by atoms with Crippen LogP contribution >= 0.6 is 11.3 Å². The minimum atomic E-state index is -0.183. The highest BCUT2D eigenvalue weighted by molar-refractivity contribution is 7.13. The summed E-state index contributed by atoms with van der Waals surface area (Å²) in [5, 5.41) is 5.33. The molecule has 1 aromatic heterocycles. The normalized spacial score (nSPS) is 14.6. The molecule has 2 amide bonds. The SMILES string of the molecule is CCCCc1ccc(C(=O)N(CC(=O)Nc2nc(C)cs2)C2CCCCC2)cc1. The Balaban J connectivity index is 1.71. The second-order valence-electron chi connectivity index (χ2n) is 7.87. The van der Waals surface area contributed by atoms with Gasteiger partial charge in [0.15, 0.2) is 5.13 Å². The Morgan fingerprint density at radius 2 is 1.90 bits per heavy atom. The molecule has 1 aliphatic carbocycles. The van der Waals surface area contributed by atoms with Crippen molar-refractivity contribution in [3.8, 4) is 0 Å². The van der Waals surface area contributed by atoms with Gasteiger partial charge in [-0.1, -0.05) is 44.7 Å². The van der Waals surface area contributed by atoms with Gasteiger partial charge in [0.25, 0.3) is 5.91 Å². The van der Waals surface area contributed by atoms with Crippen LogP contribution in [-0.2, 0) is 11.2 Å². The summed E-state index contributed by atoms with van der Waals surface area (Å²) in [6.45, 7) is 4.14. The largest absolute Gasteiger partial charge is 0.326 e. The summed E-state index contributed by atoms with van der Waals surface area (Å²) in [5.41, 5.74) is 2.80. The van der Waals surface area contributed by atoms with Gasteiger partial charge in [-0.15, -0.1) is 11.3 Å². The number of anilines is 1. The van der Waals surface area contributed by atoms with E-state index in [1.165, 1.54) is 23.3 Å². The molecule has 0 radical (unpaired) electrons. The zero-order chi connectivity index (χ0) is 20.6. The lowest BCUT2D eigenvalue weighted by atomic mass is 9.93. The van der Waals surface area contributed by atoms with Gasteiger partial charge in [-0.3, -0.25) is 9.59 Å². The summed E-state index contributed by atoms with van der Waals surface area (Å²) in [4.78, 5) is 32.0. The first-order valence-electron chi connectivity index (χ1n) is 10.7. The number of carbonyl (C=O) groups excluding carboxylic acids is 2. The molecule has 0 saturated heterocycles. The van der Waals surface area contributed by atoms with Crippen LogP contribution in [0.5, 0.6) is 0 Å². The number of amides is 2. The molecule has 5 nitrogen and oxygen atoms in total. The Labute approximate surface area is 177 Å². The van der Waals surface area contributed by atoms with Crippen LogP contribution in [0.25, 0.3) is 0 Å². The number of aromatic nitrogens is 1. The number of nitrogens with zero attached hydrogens (tertiary/aromatic N) is 2. The number of benzene rings is 1. The van der Waals surface area contributed by atoms with Crippen LogP contribution in [-0.4, -0.2) is 34.3 Å². The van der Waals surface area contributed by atoms with Crippen LogP contribution in [0.1, 0.15) is 73.5 Å². The topological polar surface area (TPSA) is 62.3 Å². The highest BCUT2D eigenvalue weighted by Gasteiger charge is 2.28. The van der Waals surface area contributed by atoms with Crippen molar-refractivity contribution in [1.29, 1.82) is 0 Å².